The van der Waals surface area contributed by atoms with E-state index in [0.717, 1.165) is 20.1 Å². The standard InChI is InChI=1S/C53H52BN/c1-8-39(42-25-27-44(28-26-42)47-18-14-20-50-51(47)48-17-12-13-19-49(48)55(50)7)29-34(2)40-21-23-43(24-22-40)46-32-37(5)53(38(6)33-46)54-52-35(3)30-45(31-36(52)4)41-15-10-9-11-16-41/h9-28,30-34,39,54H,8,29H2,1-7H3. The van der Waals surface area contributed by atoms with E-state index in [9.17, 15) is 0 Å². The monoisotopic (exact) mass is 713 g/mol. The normalized spacial score (nSPS) is 12.6. The average molecular weight is 714 g/mol. The average Bonchev–Trinajstić information content (AvgIpc) is 3.51. The number of hydrogen-bond donors (Lipinski definition) is 0. The van der Waals surface area contributed by atoms with Crippen molar-refractivity contribution in [2.75, 3.05) is 0 Å². The van der Waals surface area contributed by atoms with Gasteiger partial charge in [-0.15, -0.1) is 0 Å². The highest BCUT2D eigenvalue weighted by atomic mass is 14.9. The van der Waals surface area contributed by atoms with Crippen LogP contribution in [-0.2, 0) is 7.05 Å². The molecule has 0 aliphatic rings. The summed E-state index contributed by atoms with van der Waals surface area (Å²) in [7, 11) is 3.13. The maximum Gasteiger partial charge on any atom is 0.193 e. The van der Waals surface area contributed by atoms with Crippen LogP contribution in [0.3, 0.4) is 0 Å². The Hall–Kier alpha value is -5.60. The molecule has 272 valence electrons. The number of aromatic nitrogens is 1. The van der Waals surface area contributed by atoms with Crippen LogP contribution in [0.2, 0.25) is 0 Å². The molecule has 55 heavy (non-hydrogen) atoms. The molecule has 2 atom stereocenters. The van der Waals surface area contributed by atoms with Crippen molar-refractivity contribution in [2.45, 2.75) is 66.2 Å². The van der Waals surface area contributed by atoms with E-state index in [1.165, 1.54) is 99.5 Å². The third-order valence-electron chi connectivity index (χ3n) is 12.4. The summed E-state index contributed by atoms with van der Waals surface area (Å²) < 4.78 is 2.32. The topological polar surface area (TPSA) is 4.93 Å². The SMILES string of the molecule is CCC(CC(C)c1ccc(-c2cc(C)c(Bc3c(C)cc(-c4ccccc4)cc3C)c(C)c2)cc1)c1ccc(-c2cccc3c2c2ccccc2n3C)cc1. The van der Waals surface area contributed by atoms with E-state index in [2.05, 4.69) is 199 Å². The lowest BCUT2D eigenvalue weighted by atomic mass is 9.58. The molecule has 1 heterocycles. The summed E-state index contributed by atoms with van der Waals surface area (Å²) in [6, 6.07) is 54.5. The molecule has 2 unspecified atom stereocenters. The molecule has 0 N–H and O–H groups in total. The fourth-order valence-corrected chi connectivity index (χ4v) is 9.18. The van der Waals surface area contributed by atoms with Crippen molar-refractivity contribution in [1.29, 1.82) is 0 Å². The lowest BCUT2D eigenvalue weighted by Crippen LogP contribution is -2.34. The van der Waals surface area contributed by atoms with E-state index < -0.39 is 0 Å². The van der Waals surface area contributed by atoms with Crippen LogP contribution in [0.25, 0.3) is 55.2 Å². The fraction of sp³-hybridized carbons (Fsp3) is 0.208. The van der Waals surface area contributed by atoms with Crippen LogP contribution >= 0.6 is 0 Å². The van der Waals surface area contributed by atoms with Crippen molar-refractivity contribution in [3.8, 4) is 33.4 Å². The first-order valence-electron chi connectivity index (χ1n) is 20.1. The number of para-hydroxylation sites is 1. The Balaban J connectivity index is 0.966. The molecule has 0 saturated carbocycles. The predicted molar refractivity (Wildman–Crippen MR) is 241 cm³/mol. The summed E-state index contributed by atoms with van der Waals surface area (Å²) in [5.74, 6) is 0.977. The molecule has 8 aromatic rings. The second-order valence-corrected chi connectivity index (χ2v) is 16.0. The van der Waals surface area contributed by atoms with E-state index in [4.69, 9.17) is 0 Å². The summed E-state index contributed by atoms with van der Waals surface area (Å²) in [5, 5.41) is 2.66. The van der Waals surface area contributed by atoms with E-state index in [0.29, 0.717) is 11.8 Å². The Labute approximate surface area is 329 Å². The van der Waals surface area contributed by atoms with Crippen LogP contribution in [0.4, 0.5) is 0 Å². The molecule has 0 saturated heterocycles. The number of fused-ring (bicyclic) bond motifs is 3. The molecule has 7 aromatic carbocycles. The van der Waals surface area contributed by atoms with Gasteiger partial charge in [0, 0.05) is 28.9 Å². The highest BCUT2D eigenvalue weighted by molar-refractivity contribution is 6.69. The smallest absolute Gasteiger partial charge is 0.193 e. The van der Waals surface area contributed by atoms with Crippen molar-refractivity contribution >= 4 is 40.0 Å². The van der Waals surface area contributed by atoms with Gasteiger partial charge in [0.15, 0.2) is 7.28 Å². The van der Waals surface area contributed by atoms with Gasteiger partial charge in [-0.05, 0) is 109 Å². The van der Waals surface area contributed by atoms with Gasteiger partial charge in [-0.3, -0.25) is 0 Å². The molecule has 0 spiro atoms. The molecule has 0 aliphatic heterocycles. The van der Waals surface area contributed by atoms with Gasteiger partial charge >= 0.3 is 0 Å². The number of hydrogen-bond acceptors (Lipinski definition) is 0. The molecule has 8 rings (SSSR count). The van der Waals surface area contributed by atoms with E-state index in [1.54, 1.807) is 0 Å². The minimum atomic E-state index is 0.466. The van der Waals surface area contributed by atoms with Gasteiger partial charge in [0.25, 0.3) is 0 Å². The Morgan fingerprint density at radius 2 is 1.02 bits per heavy atom. The number of rotatable bonds is 10. The van der Waals surface area contributed by atoms with Crippen molar-refractivity contribution in [3.63, 3.8) is 0 Å². The minimum absolute atomic E-state index is 0.466. The maximum absolute atomic E-state index is 2.40. The molecule has 0 fully saturated rings. The van der Waals surface area contributed by atoms with Gasteiger partial charge in [0.2, 0.25) is 0 Å². The predicted octanol–water partition coefficient (Wildman–Crippen LogP) is 12.6. The van der Waals surface area contributed by atoms with Gasteiger partial charge < -0.3 is 4.57 Å². The van der Waals surface area contributed by atoms with Crippen molar-refractivity contribution < 1.29 is 0 Å². The zero-order valence-corrected chi connectivity index (χ0v) is 33.6. The quantitative estimate of drug-likeness (QED) is 0.124. The Morgan fingerprint density at radius 3 is 1.62 bits per heavy atom. The van der Waals surface area contributed by atoms with Crippen molar-refractivity contribution in [3.05, 3.63) is 179 Å². The van der Waals surface area contributed by atoms with Crippen LogP contribution < -0.4 is 10.9 Å². The first-order valence-corrected chi connectivity index (χ1v) is 20.1. The fourth-order valence-electron chi connectivity index (χ4n) is 9.18. The number of benzene rings is 7. The van der Waals surface area contributed by atoms with E-state index in [1.807, 2.05) is 0 Å². The first-order chi connectivity index (χ1) is 26.7. The van der Waals surface area contributed by atoms with E-state index in [-0.39, 0.29) is 0 Å². The van der Waals surface area contributed by atoms with Gasteiger partial charge in [-0.25, -0.2) is 0 Å². The van der Waals surface area contributed by atoms with Crippen LogP contribution in [0.1, 0.15) is 71.9 Å². The lowest BCUT2D eigenvalue weighted by Gasteiger charge is -2.21. The van der Waals surface area contributed by atoms with Gasteiger partial charge in [0.05, 0.1) is 0 Å². The zero-order valence-electron chi connectivity index (χ0n) is 33.6. The number of aryl methyl sites for hydroxylation is 5. The Bertz CT molecular complexity index is 2580. The van der Waals surface area contributed by atoms with Crippen LogP contribution in [0, 0.1) is 27.7 Å². The molecule has 0 radical (unpaired) electrons. The minimum Gasteiger partial charge on any atom is -0.344 e. The molecule has 1 nitrogen and oxygen atoms in total. The van der Waals surface area contributed by atoms with Crippen LogP contribution in [-0.4, -0.2) is 11.8 Å². The van der Waals surface area contributed by atoms with Gasteiger partial charge in [-0.2, -0.15) is 0 Å². The largest absolute Gasteiger partial charge is 0.344 e. The van der Waals surface area contributed by atoms with Crippen molar-refractivity contribution in [1.82, 2.24) is 4.57 Å². The second-order valence-electron chi connectivity index (χ2n) is 16.0. The molecule has 2 heteroatoms. The van der Waals surface area contributed by atoms with Gasteiger partial charge in [-0.1, -0.05) is 180 Å². The molecule has 1 aromatic heterocycles. The summed E-state index contributed by atoms with van der Waals surface area (Å²) in [6.45, 7) is 13.8. The summed E-state index contributed by atoms with van der Waals surface area (Å²) >= 11 is 0. The maximum atomic E-state index is 2.40. The Kier molecular flexibility index (Phi) is 10.1. The molecule has 0 amide bonds. The lowest BCUT2D eigenvalue weighted by molar-refractivity contribution is 0.544. The molecule has 0 bridgehead atoms. The highest BCUT2D eigenvalue weighted by Gasteiger charge is 2.18. The molecule has 0 aliphatic carbocycles. The first kappa shape index (κ1) is 36.4. The van der Waals surface area contributed by atoms with Crippen LogP contribution in [0.15, 0.2) is 146 Å². The van der Waals surface area contributed by atoms with Crippen molar-refractivity contribution in [2.24, 2.45) is 7.05 Å². The zero-order chi connectivity index (χ0) is 38.2. The molecular formula is C53H52BN. The summed E-state index contributed by atoms with van der Waals surface area (Å²) in [4.78, 5) is 0. The summed E-state index contributed by atoms with van der Waals surface area (Å²) in [5.41, 5.74) is 21.5. The summed E-state index contributed by atoms with van der Waals surface area (Å²) in [6.07, 6.45) is 2.26. The van der Waals surface area contributed by atoms with E-state index >= 15 is 0 Å². The van der Waals surface area contributed by atoms with Crippen LogP contribution in [0.5, 0.6) is 0 Å². The molecular weight excluding hydrogens is 661 g/mol. The second kappa shape index (κ2) is 15.3. The third kappa shape index (κ3) is 7.07. The van der Waals surface area contributed by atoms with Gasteiger partial charge in [0.1, 0.15) is 0 Å². The highest BCUT2D eigenvalue weighted by Crippen LogP contribution is 2.38. The third-order valence-corrected chi connectivity index (χ3v) is 12.4. The Morgan fingerprint density at radius 1 is 0.509 bits per heavy atom. The number of nitrogens with zero attached hydrogens (tertiary/aromatic N) is 1.